The zero-order valence-electron chi connectivity index (χ0n) is 7.79. The van der Waals surface area contributed by atoms with Crippen molar-refractivity contribution in [3.05, 3.63) is 29.0 Å². The standard InChI is InChI=1S/C9H12BrN3/c1-7(2)6-13(3)9-11-4-8(10)5-12-9/h4-5H,1,6H2,2-3H3. The van der Waals surface area contributed by atoms with Gasteiger partial charge in [0.1, 0.15) is 0 Å². The van der Waals surface area contributed by atoms with Gasteiger partial charge in [-0.15, -0.1) is 0 Å². The van der Waals surface area contributed by atoms with Crippen molar-refractivity contribution >= 4 is 21.9 Å². The number of hydrogen-bond acceptors (Lipinski definition) is 3. The summed E-state index contributed by atoms with van der Waals surface area (Å²) in [4.78, 5) is 10.3. The van der Waals surface area contributed by atoms with Crippen LogP contribution in [0.1, 0.15) is 6.92 Å². The van der Waals surface area contributed by atoms with Gasteiger partial charge in [0.25, 0.3) is 0 Å². The van der Waals surface area contributed by atoms with E-state index < -0.39 is 0 Å². The van der Waals surface area contributed by atoms with E-state index in [0.29, 0.717) is 5.95 Å². The number of nitrogens with zero attached hydrogens (tertiary/aromatic N) is 3. The minimum Gasteiger partial charge on any atom is -0.340 e. The van der Waals surface area contributed by atoms with Gasteiger partial charge in [-0.05, 0) is 22.9 Å². The van der Waals surface area contributed by atoms with Gasteiger partial charge >= 0.3 is 0 Å². The van der Waals surface area contributed by atoms with E-state index in [1.54, 1.807) is 12.4 Å². The summed E-state index contributed by atoms with van der Waals surface area (Å²) in [6.45, 7) is 6.59. The fraction of sp³-hybridized carbons (Fsp3) is 0.333. The second kappa shape index (κ2) is 4.37. The normalized spacial score (nSPS) is 9.77. The molecule has 0 saturated heterocycles. The van der Waals surface area contributed by atoms with Crippen molar-refractivity contribution < 1.29 is 0 Å². The number of aromatic nitrogens is 2. The molecule has 0 aliphatic rings. The van der Waals surface area contributed by atoms with Gasteiger partial charge in [0, 0.05) is 26.0 Å². The Morgan fingerprint density at radius 2 is 2.08 bits per heavy atom. The van der Waals surface area contributed by atoms with Crippen LogP contribution in [0, 0.1) is 0 Å². The highest BCUT2D eigenvalue weighted by Crippen LogP contribution is 2.10. The minimum atomic E-state index is 0.714. The Labute approximate surface area is 86.6 Å². The van der Waals surface area contributed by atoms with E-state index in [1.807, 2.05) is 18.9 Å². The van der Waals surface area contributed by atoms with E-state index in [2.05, 4.69) is 32.5 Å². The summed E-state index contributed by atoms with van der Waals surface area (Å²) in [5.74, 6) is 0.714. The third-order valence-corrected chi connectivity index (χ3v) is 1.86. The SMILES string of the molecule is C=C(C)CN(C)c1ncc(Br)cn1. The molecule has 4 heteroatoms. The van der Waals surface area contributed by atoms with Crippen LogP contribution in [0.3, 0.4) is 0 Å². The molecular formula is C9H12BrN3. The third-order valence-electron chi connectivity index (χ3n) is 1.46. The van der Waals surface area contributed by atoms with Crippen LogP contribution < -0.4 is 4.90 Å². The molecule has 0 fully saturated rings. The molecule has 1 rings (SSSR count). The average Bonchev–Trinajstić information content (AvgIpc) is 2.04. The van der Waals surface area contributed by atoms with Crippen LogP contribution in [0.5, 0.6) is 0 Å². The van der Waals surface area contributed by atoms with E-state index in [-0.39, 0.29) is 0 Å². The van der Waals surface area contributed by atoms with Crippen molar-refractivity contribution in [2.45, 2.75) is 6.92 Å². The second-order valence-corrected chi connectivity index (χ2v) is 3.93. The van der Waals surface area contributed by atoms with E-state index in [1.165, 1.54) is 0 Å². The quantitative estimate of drug-likeness (QED) is 0.761. The molecule has 0 unspecified atom stereocenters. The monoisotopic (exact) mass is 241 g/mol. The molecule has 70 valence electrons. The first-order chi connectivity index (χ1) is 6.09. The lowest BCUT2D eigenvalue weighted by Gasteiger charge is -2.16. The lowest BCUT2D eigenvalue weighted by atomic mass is 10.3. The predicted molar refractivity (Wildman–Crippen MR) is 57.8 cm³/mol. The molecule has 0 saturated carbocycles. The summed E-state index contributed by atoms with van der Waals surface area (Å²) in [6, 6.07) is 0. The smallest absolute Gasteiger partial charge is 0.225 e. The summed E-state index contributed by atoms with van der Waals surface area (Å²) in [6.07, 6.45) is 3.47. The number of rotatable bonds is 3. The van der Waals surface area contributed by atoms with Gasteiger partial charge in [-0.25, -0.2) is 9.97 Å². The molecule has 0 radical (unpaired) electrons. The fourth-order valence-corrected chi connectivity index (χ4v) is 1.18. The van der Waals surface area contributed by atoms with E-state index in [0.717, 1.165) is 16.6 Å². The van der Waals surface area contributed by atoms with Crippen molar-refractivity contribution in [1.82, 2.24) is 9.97 Å². The van der Waals surface area contributed by atoms with Crippen LogP contribution in [0.25, 0.3) is 0 Å². The van der Waals surface area contributed by atoms with Crippen LogP contribution >= 0.6 is 15.9 Å². The number of likely N-dealkylation sites (N-methyl/N-ethyl adjacent to an activating group) is 1. The first-order valence-corrected chi connectivity index (χ1v) is 4.72. The van der Waals surface area contributed by atoms with Crippen molar-refractivity contribution in [3.8, 4) is 0 Å². The maximum atomic E-state index is 4.16. The Kier molecular flexibility index (Phi) is 3.42. The lowest BCUT2D eigenvalue weighted by molar-refractivity contribution is 0.912. The molecule has 1 aromatic rings. The van der Waals surface area contributed by atoms with Crippen LogP contribution in [0.15, 0.2) is 29.0 Å². The Balaban J connectivity index is 2.71. The maximum absolute atomic E-state index is 4.16. The molecule has 1 heterocycles. The van der Waals surface area contributed by atoms with E-state index in [9.17, 15) is 0 Å². The van der Waals surface area contributed by atoms with Crippen molar-refractivity contribution in [2.24, 2.45) is 0 Å². The van der Waals surface area contributed by atoms with E-state index in [4.69, 9.17) is 0 Å². The van der Waals surface area contributed by atoms with Gasteiger partial charge in [0.15, 0.2) is 0 Å². The highest BCUT2D eigenvalue weighted by molar-refractivity contribution is 9.10. The molecule has 13 heavy (non-hydrogen) atoms. The topological polar surface area (TPSA) is 29.0 Å². The average molecular weight is 242 g/mol. The summed E-state index contributed by atoms with van der Waals surface area (Å²) >= 11 is 3.28. The molecule has 0 spiro atoms. The Hall–Kier alpha value is -0.900. The Morgan fingerprint density at radius 3 is 2.54 bits per heavy atom. The third kappa shape index (κ3) is 3.14. The van der Waals surface area contributed by atoms with Crippen LogP contribution in [0.2, 0.25) is 0 Å². The molecule has 0 amide bonds. The van der Waals surface area contributed by atoms with E-state index >= 15 is 0 Å². The molecule has 3 nitrogen and oxygen atoms in total. The van der Waals surface area contributed by atoms with Crippen molar-refractivity contribution in [3.63, 3.8) is 0 Å². The molecule has 0 aliphatic heterocycles. The summed E-state index contributed by atoms with van der Waals surface area (Å²) < 4.78 is 0.889. The molecule has 0 bridgehead atoms. The molecule has 0 aliphatic carbocycles. The second-order valence-electron chi connectivity index (χ2n) is 3.01. The first kappa shape index (κ1) is 10.2. The molecule has 0 aromatic carbocycles. The highest BCUT2D eigenvalue weighted by atomic mass is 79.9. The summed E-state index contributed by atoms with van der Waals surface area (Å²) in [5, 5.41) is 0. The molecule has 0 atom stereocenters. The molecule has 1 aromatic heterocycles. The van der Waals surface area contributed by atoms with Gasteiger partial charge in [0.05, 0.1) is 4.47 Å². The number of hydrogen-bond donors (Lipinski definition) is 0. The first-order valence-electron chi connectivity index (χ1n) is 3.92. The van der Waals surface area contributed by atoms with Gasteiger partial charge in [0.2, 0.25) is 5.95 Å². The summed E-state index contributed by atoms with van der Waals surface area (Å²) in [5.41, 5.74) is 1.09. The Bertz CT molecular complexity index is 294. The van der Waals surface area contributed by atoms with Gasteiger partial charge in [-0.3, -0.25) is 0 Å². The zero-order chi connectivity index (χ0) is 9.84. The fourth-order valence-electron chi connectivity index (χ4n) is 0.978. The number of anilines is 1. The molecule has 0 N–H and O–H groups in total. The maximum Gasteiger partial charge on any atom is 0.225 e. The van der Waals surface area contributed by atoms with Gasteiger partial charge in [-0.2, -0.15) is 0 Å². The van der Waals surface area contributed by atoms with Crippen LogP contribution in [-0.4, -0.2) is 23.6 Å². The minimum absolute atomic E-state index is 0.714. The zero-order valence-corrected chi connectivity index (χ0v) is 9.37. The molecular weight excluding hydrogens is 230 g/mol. The van der Waals surface area contributed by atoms with Crippen molar-refractivity contribution in [1.29, 1.82) is 0 Å². The Morgan fingerprint density at radius 1 is 1.54 bits per heavy atom. The van der Waals surface area contributed by atoms with Gasteiger partial charge < -0.3 is 4.90 Å². The van der Waals surface area contributed by atoms with Crippen LogP contribution in [0.4, 0.5) is 5.95 Å². The van der Waals surface area contributed by atoms with Crippen molar-refractivity contribution in [2.75, 3.05) is 18.5 Å². The number of halogens is 1. The summed E-state index contributed by atoms with van der Waals surface area (Å²) in [7, 11) is 1.94. The van der Waals surface area contributed by atoms with Crippen LogP contribution in [-0.2, 0) is 0 Å². The largest absolute Gasteiger partial charge is 0.340 e. The highest BCUT2D eigenvalue weighted by Gasteiger charge is 2.02. The predicted octanol–water partition coefficient (Wildman–Crippen LogP) is 2.25. The lowest BCUT2D eigenvalue weighted by Crippen LogP contribution is -2.21. The van der Waals surface area contributed by atoms with Gasteiger partial charge in [-0.1, -0.05) is 12.2 Å².